The van der Waals surface area contributed by atoms with Crippen LogP contribution in [0.5, 0.6) is 0 Å². The summed E-state index contributed by atoms with van der Waals surface area (Å²) in [6, 6.07) is 3.95. The molecule has 0 radical (unpaired) electrons. The third kappa shape index (κ3) is 3.45. The first-order chi connectivity index (χ1) is 8.56. The summed E-state index contributed by atoms with van der Waals surface area (Å²) in [7, 11) is 0. The third-order valence-electron chi connectivity index (χ3n) is 3.05. The van der Waals surface area contributed by atoms with Gasteiger partial charge in [-0.05, 0) is 19.1 Å². The van der Waals surface area contributed by atoms with Crippen LogP contribution in [0.3, 0.4) is 0 Å². The van der Waals surface area contributed by atoms with Crippen LogP contribution in [0.15, 0.2) is 12.1 Å². The number of amides is 1. The lowest BCUT2D eigenvalue weighted by atomic mass is 10.2. The zero-order chi connectivity index (χ0) is 13.1. The highest BCUT2D eigenvalue weighted by Crippen LogP contribution is 2.23. The molecule has 1 atom stereocenters. The van der Waals surface area contributed by atoms with Crippen LogP contribution < -0.4 is 0 Å². The average molecular weight is 289 g/mol. The van der Waals surface area contributed by atoms with Crippen LogP contribution >= 0.6 is 22.9 Å². The molecule has 0 saturated carbocycles. The maximum absolute atomic E-state index is 11.6. The number of hydrogen-bond donors (Lipinski definition) is 1. The first kappa shape index (κ1) is 13.8. The van der Waals surface area contributed by atoms with Crippen LogP contribution in [-0.4, -0.2) is 53.1 Å². The molecule has 1 fully saturated rings. The van der Waals surface area contributed by atoms with Gasteiger partial charge in [0.25, 0.3) is 5.91 Å². The Kier molecular flexibility index (Phi) is 4.61. The van der Waals surface area contributed by atoms with Crippen molar-refractivity contribution in [2.75, 3.05) is 26.2 Å². The van der Waals surface area contributed by atoms with Crippen molar-refractivity contribution in [1.29, 1.82) is 0 Å². The molecule has 1 aliphatic heterocycles. The summed E-state index contributed by atoms with van der Waals surface area (Å²) in [6.07, 6.45) is -0.896. The van der Waals surface area contributed by atoms with Gasteiger partial charge in [0.1, 0.15) is 6.10 Å². The summed E-state index contributed by atoms with van der Waals surface area (Å²) in [6.45, 7) is 5.45. The maximum atomic E-state index is 11.6. The van der Waals surface area contributed by atoms with E-state index >= 15 is 0 Å². The van der Waals surface area contributed by atoms with Crippen molar-refractivity contribution in [3.8, 4) is 0 Å². The number of halogens is 1. The van der Waals surface area contributed by atoms with Gasteiger partial charge in [-0.3, -0.25) is 9.69 Å². The Bertz CT molecular complexity index is 414. The number of piperazine rings is 1. The number of nitrogens with zero attached hydrogens (tertiary/aromatic N) is 2. The molecule has 100 valence electrons. The van der Waals surface area contributed by atoms with Crippen molar-refractivity contribution in [2.24, 2.45) is 0 Å². The van der Waals surface area contributed by atoms with Crippen LogP contribution in [0.4, 0.5) is 0 Å². The fourth-order valence-corrected chi connectivity index (χ4v) is 3.18. The molecule has 0 aromatic carbocycles. The van der Waals surface area contributed by atoms with Crippen molar-refractivity contribution >= 4 is 28.8 Å². The Balaban J connectivity index is 1.82. The monoisotopic (exact) mass is 288 g/mol. The molecule has 1 aromatic rings. The molecule has 1 aliphatic rings. The Morgan fingerprint density at radius 2 is 2.11 bits per heavy atom. The van der Waals surface area contributed by atoms with E-state index in [0.717, 1.165) is 24.0 Å². The molecule has 1 saturated heterocycles. The van der Waals surface area contributed by atoms with E-state index in [1.807, 2.05) is 12.1 Å². The summed E-state index contributed by atoms with van der Waals surface area (Å²) in [5, 5.41) is 9.26. The van der Waals surface area contributed by atoms with Crippen molar-refractivity contribution < 1.29 is 9.90 Å². The maximum Gasteiger partial charge on any atom is 0.251 e. The minimum absolute atomic E-state index is 0.172. The molecule has 4 nitrogen and oxygen atoms in total. The largest absolute Gasteiger partial charge is 0.384 e. The van der Waals surface area contributed by atoms with Crippen LogP contribution in [0.1, 0.15) is 11.8 Å². The average Bonchev–Trinajstić information content (AvgIpc) is 2.75. The lowest BCUT2D eigenvalue weighted by molar-refractivity contribution is -0.141. The third-order valence-corrected chi connectivity index (χ3v) is 4.27. The van der Waals surface area contributed by atoms with E-state index in [-0.39, 0.29) is 5.91 Å². The molecule has 2 heterocycles. The smallest absolute Gasteiger partial charge is 0.251 e. The Hall–Kier alpha value is -0.620. The van der Waals surface area contributed by atoms with Gasteiger partial charge in [-0.25, -0.2) is 0 Å². The van der Waals surface area contributed by atoms with Crippen LogP contribution in [0.25, 0.3) is 0 Å². The van der Waals surface area contributed by atoms with Crippen molar-refractivity contribution in [3.05, 3.63) is 21.3 Å². The number of carbonyl (C=O) groups is 1. The van der Waals surface area contributed by atoms with E-state index in [1.54, 1.807) is 16.2 Å². The van der Waals surface area contributed by atoms with Gasteiger partial charge >= 0.3 is 0 Å². The highest BCUT2D eigenvalue weighted by Gasteiger charge is 2.23. The van der Waals surface area contributed by atoms with E-state index < -0.39 is 6.10 Å². The number of rotatable bonds is 3. The van der Waals surface area contributed by atoms with Gasteiger partial charge in [0.05, 0.1) is 4.34 Å². The Morgan fingerprint density at radius 3 is 2.61 bits per heavy atom. The minimum Gasteiger partial charge on any atom is -0.384 e. The van der Waals surface area contributed by atoms with Crippen molar-refractivity contribution in [2.45, 2.75) is 19.6 Å². The molecule has 18 heavy (non-hydrogen) atoms. The van der Waals surface area contributed by atoms with Gasteiger partial charge in [-0.2, -0.15) is 0 Å². The van der Waals surface area contributed by atoms with E-state index in [4.69, 9.17) is 11.6 Å². The zero-order valence-electron chi connectivity index (χ0n) is 10.3. The molecule has 0 aliphatic carbocycles. The Morgan fingerprint density at radius 1 is 1.44 bits per heavy atom. The van der Waals surface area contributed by atoms with Crippen molar-refractivity contribution in [3.63, 3.8) is 0 Å². The standard InChI is InChI=1S/C12H17ClN2O2S/c1-9(16)12(17)15-6-4-14(5-7-15)8-10-2-3-11(13)18-10/h2-3,9,16H,4-8H2,1H3. The van der Waals surface area contributed by atoms with Crippen LogP contribution in [0.2, 0.25) is 4.34 Å². The predicted molar refractivity (Wildman–Crippen MR) is 72.9 cm³/mol. The van der Waals surface area contributed by atoms with Gasteiger partial charge < -0.3 is 10.0 Å². The second-order valence-corrected chi connectivity index (χ2v) is 6.28. The molecule has 2 rings (SSSR count). The van der Waals surface area contributed by atoms with Crippen molar-refractivity contribution in [1.82, 2.24) is 9.80 Å². The SMILES string of the molecule is CC(O)C(=O)N1CCN(Cc2ccc(Cl)s2)CC1. The lowest BCUT2D eigenvalue weighted by Gasteiger charge is -2.35. The summed E-state index contributed by atoms with van der Waals surface area (Å²) >= 11 is 7.49. The second kappa shape index (κ2) is 6.02. The van der Waals surface area contributed by atoms with Gasteiger partial charge in [-0.15, -0.1) is 11.3 Å². The molecule has 6 heteroatoms. The summed E-state index contributed by atoms with van der Waals surface area (Å²) in [5.74, 6) is -0.172. The first-order valence-electron chi connectivity index (χ1n) is 5.99. The molecule has 1 aromatic heterocycles. The van der Waals surface area contributed by atoms with Crippen LogP contribution in [0, 0.1) is 0 Å². The first-order valence-corrected chi connectivity index (χ1v) is 7.19. The van der Waals surface area contributed by atoms with Gasteiger partial charge in [0, 0.05) is 37.6 Å². The van der Waals surface area contributed by atoms with E-state index in [0.29, 0.717) is 13.1 Å². The lowest BCUT2D eigenvalue weighted by Crippen LogP contribution is -2.50. The number of aliphatic hydroxyl groups excluding tert-OH is 1. The minimum atomic E-state index is -0.896. The number of hydrogen-bond acceptors (Lipinski definition) is 4. The fourth-order valence-electron chi connectivity index (χ4n) is 2.05. The summed E-state index contributed by atoms with van der Waals surface area (Å²) in [5.41, 5.74) is 0. The highest BCUT2D eigenvalue weighted by molar-refractivity contribution is 7.16. The normalized spacial score (nSPS) is 18.9. The fraction of sp³-hybridized carbons (Fsp3) is 0.583. The zero-order valence-corrected chi connectivity index (χ0v) is 11.9. The predicted octanol–water partition coefficient (Wildman–Crippen LogP) is 1.43. The molecular formula is C12H17ClN2O2S. The number of thiophene rings is 1. The summed E-state index contributed by atoms with van der Waals surface area (Å²) < 4.78 is 0.813. The molecule has 1 unspecified atom stereocenters. The highest BCUT2D eigenvalue weighted by atomic mass is 35.5. The molecule has 0 bridgehead atoms. The molecule has 1 N–H and O–H groups in total. The van der Waals surface area contributed by atoms with E-state index in [2.05, 4.69) is 4.90 Å². The van der Waals surface area contributed by atoms with Gasteiger partial charge in [-0.1, -0.05) is 11.6 Å². The summed E-state index contributed by atoms with van der Waals surface area (Å²) in [4.78, 5) is 16.9. The quantitative estimate of drug-likeness (QED) is 0.915. The Labute approximate surface area is 116 Å². The second-order valence-electron chi connectivity index (χ2n) is 4.48. The molecule has 0 spiro atoms. The van der Waals surface area contributed by atoms with Gasteiger partial charge in [0.2, 0.25) is 0 Å². The molecular weight excluding hydrogens is 272 g/mol. The van der Waals surface area contributed by atoms with Crippen LogP contribution in [-0.2, 0) is 11.3 Å². The number of carbonyl (C=O) groups excluding carboxylic acids is 1. The van der Waals surface area contributed by atoms with Gasteiger partial charge in [0.15, 0.2) is 0 Å². The van der Waals surface area contributed by atoms with E-state index in [9.17, 15) is 9.90 Å². The number of aliphatic hydroxyl groups is 1. The van der Waals surface area contributed by atoms with E-state index in [1.165, 1.54) is 11.8 Å². The molecule has 1 amide bonds. The topological polar surface area (TPSA) is 43.8 Å².